The quantitative estimate of drug-likeness (QED) is 0.535. The van der Waals surface area contributed by atoms with Crippen molar-refractivity contribution < 1.29 is 13.2 Å². The second-order valence-electron chi connectivity index (χ2n) is 8.76. The summed E-state index contributed by atoms with van der Waals surface area (Å²) in [5.74, 6) is 0.0659. The molecule has 11 heteroatoms. The molecule has 35 heavy (non-hydrogen) atoms. The van der Waals surface area contributed by atoms with Crippen molar-refractivity contribution in [1.29, 1.82) is 10.5 Å². The summed E-state index contributed by atoms with van der Waals surface area (Å²) in [6, 6.07) is 13.0. The maximum Gasteiger partial charge on any atom is 0.252 e. The first-order chi connectivity index (χ1) is 16.5. The number of aromatic nitrogens is 2. The summed E-state index contributed by atoms with van der Waals surface area (Å²) in [7, 11) is -0.647. The second kappa shape index (κ2) is 8.54. The molecule has 0 amide bonds. The molecule has 0 aliphatic carbocycles. The standard InChI is InChI=1S/C24H24N6O3S2/c1-13(2)24(18(12-26)22(27)33-23-21(24)14(3)28-29-23)17-9-15(11-25)8-16(10-17)19-6-7-20(34-19)35(31,32)30(4)5/h6-10,13H,27H2,1-5H3,(H,28,29). The minimum atomic E-state index is -3.60. The maximum atomic E-state index is 12.6. The molecule has 3 aromatic rings. The van der Waals surface area contributed by atoms with E-state index in [-0.39, 0.29) is 27.5 Å². The number of nitriles is 2. The number of ether oxygens (including phenoxy) is 1. The molecule has 180 valence electrons. The van der Waals surface area contributed by atoms with Crippen LogP contribution in [0.1, 0.15) is 36.2 Å². The van der Waals surface area contributed by atoms with E-state index in [0.29, 0.717) is 32.8 Å². The molecule has 0 saturated carbocycles. The van der Waals surface area contributed by atoms with Gasteiger partial charge in [0.05, 0.1) is 22.6 Å². The van der Waals surface area contributed by atoms with Crippen LogP contribution in [0.25, 0.3) is 10.4 Å². The average Bonchev–Trinajstić information content (AvgIpc) is 3.45. The largest absolute Gasteiger partial charge is 0.420 e. The Morgan fingerprint density at radius 1 is 1.20 bits per heavy atom. The predicted molar refractivity (Wildman–Crippen MR) is 132 cm³/mol. The van der Waals surface area contributed by atoms with Crippen molar-refractivity contribution >= 4 is 21.4 Å². The molecule has 1 aliphatic heterocycles. The lowest BCUT2D eigenvalue weighted by Gasteiger charge is -2.41. The van der Waals surface area contributed by atoms with Gasteiger partial charge in [-0.2, -0.15) is 10.5 Å². The molecular formula is C24H24N6O3S2. The summed E-state index contributed by atoms with van der Waals surface area (Å²) in [5, 5.41) is 27.2. The third-order valence-corrected chi connectivity index (χ3v) is 9.67. The highest BCUT2D eigenvalue weighted by Gasteiger charge is 2.50. The monoisotopic (exact) mass is 508 g/mol. The summed E-state index contributed by atoms with van der Waals surface area (Å²) in [4.78, 5) is 0.675. The number of aromatic amines is 1. The molecule has 3 heterocycles. The Labute approximate surface area is 208 Å². The van der Waals surface area contributed by atoms with Crippen molar-refractivity contribution in [2.75, 3.05) is 14.1 Å². The van der Waals surface area contributed by atoms with Crippen LogP contribution in [0, 0.1) is 35.5 Å². The van der Waals surface area contributed by atoms with Crippen LogP contribution in [0.2, 0.25) is 0 Å². The number of sulfonamides is 1. The van der Waals surface area contributed by atoms with Gasteiger partial charge in [0.2, 0.25) is 11.8 Å². The van der Waals surface area contributed by atoms with Gasteiger partial charge >= 0.3 is 0 Å². The molecular weight excluding hydrogens is 484 g/mol. The molecule has 1 atom stereocenters. The van der Waals surface area contributed by atoms with Crippen LogP contribution in [0.3, 0.4) is 0 Å². The van der Waals surface area contributed by atoms with Gasteiger partial charge in [0.25, 0.3) is 10.0 Å². The molecule has 0 radical (unpaired) electrons. The molecule has 2 aromatic heterocycles. The molecule has 0 fully saturated rings. The van der Waals surface area contributed by atoms with Crippen molar-refractivity contribution in [3.8, 4) is 28.5 Å². The van der Waals surface area contributed by atoms with Gasteiger partial charge < -0.3 is 10.5 Å². The first kappa shape index (κ1) is 24.5. The van der Waals surface area contributed by atoms with Crippen LogP contribution in [-0.2, 0) is 15.4 Å². The van der Waals surface area contributed by atoms with Crippen LogP contribution < -0.4 is 10.5 Å². The molecule has 1 aliphatic rings. The lowest BCUT2D eigenvalue weighted by atomic mass is 9.61. The number of aryl methyl sites for hydroxylation is 1. The number of rotatable bonds is 5. The summed E-state index contributed by atoms with van der Waals surface area (Å²) in [6.07, 6.45) is 0. The van der Waals surface area contributed by atoms with Gasteiger partial charge in [-0.3, -0.25) is 5.10 Å². The number of thiophene rings is 1. The van der Waals surface area contributed by atoms with E-state index < -0.39 is 15.4 Å². The van der Waals surface area contributed by atoms with E-state index >= 15 is 0 Å². The van der Waals surface area contributed by atoms with E-state index in [2.05, 4.69) is 22.3 Å². The topological polar surface area (TPSA) is 149 Å². The van der Waals surface area contributed by atoms with Crippen LogP contribution in [0.4, 0.5) is 0 Å². The second-order valence-corrected chi connectivity index (χ2v) is 12.2. The number of H-pyrrole nitrogens is 1. The van der Waals surface area contributed by atoms with Crippen LogP contribution >= 0.6 is 11.3 Å². The van der Waals surface area contributed by atoms with E-state index in [1.165, 1.54) is 14.1 Å². The van der Waals surface area contributed by atoms with Gasteiger partial charge in [-0.25, -0.2) is 12.7 Å². The zero-order valence-corrected chi connectivity index (χ0v) is 21.5. The molecule has 0 spiro atoms. The van der Waals surface area contributed by atoms with E-state index in [4.69, 9.17) is 10.5 Å². The highest BCUT2D eigenvalue weighted by atomic mass is 32.2. The molecule has 0 saturated heterocycles. The Bertz CT molecular complexity index is 1550. The first-order valence-electron chi connectivity index (χ1n) is 10.7. The smallest absolute Gasteiger partial charge is 0.252 e. The summed E-state index contributed by atoms with van der Waals surface area (Å²) < 4.78 is 32.3. The maximum absolute atomic E-state index is 12.6. The number of nitrogens with zero attached hydrogens (tertiary/aromatic N) is 4. The van der Waals surface area contributed by atoms with Gasteiger partial charge in [-0.1, -0.05) is 13.8 Å². The average molecular weight is 509 g/mol. The van der Waals surface area contributed by atoms with Gasteiger partial charge in [0, 0.05) is 24.7 Å². The number of allylic oxidation sites excluding steroid dienone is 1. The number of hydrogen-bond donors (Lipinski definition) is 2. The fraction of sp³-hybridized carbons (Fsp3) is 0.292. The van der Waals surface area contributed by atoms with Crippen molar-refractivity contribution in [1.82, 2.24) is 14.5 Å². The lowest BCUT2D eigenvalue weighted by Crippen LogP contribution is -2.41. The summed E-state index contributed by atoms with van der Waals surface area (Å²) in [6.45, 7) is 5.78. The van der Waals surface area contributed by atoms with Crippen molar-refractivity contribution in [3.05, 3.63) is 64.2 Å². The van der Waals surface area contributed by atoms with Crippen molar-refractivity contribution in [2.24, 2.45) is 11.7 Å². The Morgan fingerprint density at radius 2 is 1.91 bits per heavy atom. The number of nitrogens with two attached hydrogens (primary N) is 1. The minimum absolute atomic E-state index is 0.0420. The zero-order valence-electron chi connectivity index (χ0n) is 19.9. The number of nitrogens with one attached hydrogen (secondary N) is 1. The van der Waals surface area contributed by atoms with Crippen LogP contribution in [0.5, 0.6) is 5.88 Å². The van der Waals surface area contributed by atoms with E-state index in [9.17, 15) is 18.9 Å². The van der Waals surface area contributed by atoms with Gasteiger partial charge in [-0.05, 0) is 54.3 Å². The number of benzene rings is 1. The van der Waals surface area contributed by atoms with E-state index in [1.54, 1.807) is 24.3 Å². The van der Waals surface area contributed by atoms with Crippen molar-refractivity contribution in [3.63, 3.8) is 0 Å². The first-order valence-corrected chi connectivity index (χ1v) is 13.0. The van der Waals surface area contributed by atoms with Crippen molar-refractivity contribution in [2.45, 2.75) is 30.4 Å². The molecule has 3 N–H and O–H groups in total. The molecule has 1 aromatic carbocycles. The number of fused-ring (bicyclic) bond motifs is 1. The highest BCUT2D eigenvalue weighted by molar-refractivity contribution is 7.91. The Morgan fingerprint density at radius 3 is 2.51 bits per heavy atom. The fourth-order valence-electron chi connectivity index (χ4n) is 4.62. The third kappa shape index (κ3) is 3.60. The lowest BCUT2D eigenvalue weighted by molar-refractivity contribution is 0.323. The highest BCUT2D eigenvalue weighted by Crippen LogP contribution is 2.53. The van der Waals surface area contributed by atoms with Gasteiger partial charge in [-0.15, -0.1) is 16.4 Å². The normalized spacial score (nSPS) is 17.7. The van der Waals surface area contributed by atoms with Gasteiger partial charge in [0.15, 0.2) is 0 Å². The Balaban J connectivity index is 2.03. The summed E-state index contributed by atoms with van der Waals surface area (Å²) >= 11 is 1.12. The molecule has 4 rings (SSSR count). The fourth-order valence-corrected chi connectivity index (χ4v) is 7.08. The van der Waals surface area contributed by atoms with Gasteiger partial charge in [0.1, 0.15) is 15.9 Å². The summed E-state index contributed by atoms with van der Waals surface area (Å²) in [5.41, 5.74) is 8.49. The van der Waals surface area contributed by atoms with Crippen LogP contribution in [-0.4, -0.2) is 37.0 Å². The van der Waals surface area contributed by atoms with E-state index in [0.717, 1.165) is 15.6 Å². The predicted octanol–water partition coefficient (Wildman–Crippen LogP) is 3.60. The number of hydrogen-bond acceptors (Lipinski definition) is 8. The zero-order chi connectivity index (χ0) is 25.7. The molecule has 9 nitrogen and oxygen atoms in total. The Hall–Kier alpha value is -3.64. The molecule has 1 unspecified atom stereocenters. The minimum Gasteiger partial charge on any atom is -0.420 e. The van der Waals surface area contributed by atoms with E-state index in [1.807, 2.05) is 26.8 Å². The third-order valence-electron chi connectivity index (χ3n) is 6.25. The Kier molecular flexibility index (Phi) is 5.97. The molecule has 0 bridgehead atoms. The van der Waals surface area contributed by atoms with Crippen LogP contribution in [0.15, 0.2) is 46.0 Å². The SMILES string of the molecule is Cc1[nH]nc2c1C(c1cc(C#N)cc(-c3ccc(S(=O)(=O)N(C)C)s3)c1)(C(C)C)C(C#N)=C(N)O2.